The van der Waals surface area contributed by atoms with E-state index in [-0.39, 0.29) is 12.0 Å². The zero-order valence-corrected chi connectivity index (χ0v) is 12.5. The Morgan fingerprint density at radius 3 is 2.74 bits per heavy atom. The summed E-state index contributed by atoms with van der Waals surface area (Å²) in [5.41, 5.74) is 1.48. The fourth-order valence-electron chi connectivity index (χ4n) is 2.65. The molecule has 0 bridgehead atoms. The van der Waals surface area contributed by atoms with Crippen LogP contribution in [0.2, 0.25) is 0 Å². The van der Waals surface area contributed by atoms with Gasteiger partial charge in [-0.2, -0.15) is 5.10 Å². The van der Waals surface area contributed by atoms with Crippen LogP contribution in [0.25, 0.3) is 16.7 Å². The summed E-state index contributed by atoms with van der Waals surface area (Å²) in [7, 11) is 0. The standard InChI is InChI=1S/C16H17N5O2/c22-8-16(9-23-10-16)7-17-14-13-6-20-21(15(13)19-11-18-14)12-4-2-1-3-5-12/h1-6,11,22H,7-10H2,(H,17,18,19). The van der Waals surface area contributed by atoms with Crippen LogP contribution in [0, 0.1) is 5.41 Å². The Bertz CT molecular complexity index is 808. The minimum Gasteiger partial charge on any atom is -0.396 e. The van der Waals surface area contributed by atoms with Gasteiger partial charge >= 0.3 is 0 Å². The second-order valence-corrected chi connectivity index (χ2v) is 5.86. The Labute approximate surface area is 132 Å². The number of nitrogens with zero attached hydrogens (tertiary/aromatic N) is 4. The molecule has 23 heavy (non-hydrogen) atoms. The van der Waals surface area contributed by atoms with Gasteiger partial charge in [0.15, 0.2) is 5.65 Å². The van der Waals surface area contributed by atoms with Crippen LogP contribution in [0.5, 0.6) is 0 Å². The molecule has 0 aliphatic carbocycles. The predicted octanol–water partition coefficient (Wildman–Crippen LogP) is 1.24. The first-order valence-corrected chi connectivity index (χ1v) is 7.48. The number of fused-ring (bicyclic) bond motifs is 1. The monoisotopic (exact) mass is 311 g/mol. The lowest BCUT2D eigenvalue weighted by atomic mass is 9.87. The molecule has 3 heterocycles. The van der Waals surface area contributed by atoms with Crippen molar-refractivity contribution in [1.29, 1.82) is 0 Å². The number of aliphatic hydroxyl groups excluding tert-OH is 1. The number of anilines is 1. The number of hydrogen-bond donors (Lipinski definition) is 2. The molecule has 1 aromatic carbocycles. The highest BCUT2D eigenvalue weighted by atomic mass is 16.5. The quantitative estimate of drug-likeness (QED) is 0.737. The zero-order valence-electron chi connectivity index (χ0n) is 12.5. The van der Waals surface area contributed by atoms with E-state index >= 15 is 0 Å². The Kier molecular flexibility index (Phi) is 3.44. The molecule has 0 saturated carbocycles. The van der Waals surface area contributed by atoms with Crippen molar-refractivity contribution in [2.24, 2.45) is 5.41 Å². The first kappa shape index (κ1) is 14.1. The van der Waals surface area contributed by atoms with Crippen LogP contribution < -0.4 is 5.32 Å². The molecule has 0 spiro atoms. The van der Waals surface area contributed by atoms with Gasteiger partial charge in [0.25, 0.3) is 0 Å². The molecule has 0 atom stereocenters. The van der Waals surface area contributed by atoms with Gasteiger partial charge in [-0.15, -0.1) is 0 Å². The average Bonchev–Trinajstić information content (AvgIpc) is 3.00. The van der Waals surface area contributed by atoms with Crippen LogP contribution in [0.15, 0.2) is 42.9 Å². The second kappa shape index (κ2) is 5.60. The van der Waals surface area contributed by atoms with Crippen molar-refractivity contribution in [3.8, 4) is 5.69 Å². The minimum atomic E-state index is -0.216. The maximum absolute atomic E-state index is 9.51. The van der Waals surface area contributed by atoms with Crippen LogP contribution in [0.1, 0.15) is 0 Å². The van der Waals surface area contributed by atoms with Crippen LogP contribution in [-0.2, 0) is 4.74 Å². The highest BCUT2D eigenvalue weighted by Crippen LogP contribution is 2.28. The Balaban J connectivity index is 1.65. The SMILES string of the molecule is OCC1(CNc2ncnc3c2cnn3-c2ccccc2)COC1. The van der Waals surface area contributed by atoms with Crippen molar-refractivity contribution in [2.75, 3.05) is 31.7 Å². The number of rotatable bonds is 5. The lowest BCUT2D eigenvalue weighted by Crippen LogP contribution is -2.50. The summed E-state index contributed by atoms with van der Waals surface area (Å²) in [6, 6.07) is 9.85. The minimum absolute atomic E-state index is 0.0947. The molecule has 0 amide bonds. The Morgan fingerprint density at radius 1 is 1.22 bits per heavy atom. The van der Waals surface area contributed by atoms with E-state index in [1.807, 2.05) is 30.3 Å². The number of para-hydroxylation sites is 1. The highest BCUT2D eigenvalue weighted by molar-refractivity contribution is 5.87. The largest absolute Gasteiger partial charge is 0.396 e. The van der Waals surface area contributed by atoms with Crippen LogP contribution >= 0.6 is 0 Å². The fourth-order valence-corrected chi connectivity index (χ4v) is 2.65. The molecule has 7 nitrogen and oxygen atoms in total. The van der Waals surface area contributed by atoms with Gasteiger partial charge < -0.3 is 15.2 Å². The molecule has 0 unspecified atom stereocenters. The molecule has 1 fully saturated rings. The first-order valence-electron chi connectivity index (χ1n) is 7.48. The van der Waals surface area contributed by atoms with E-state index in [0.29, 0.717) is 19.8 Å². The maximum Gasteiger partial charge on any atom is 0.168 e. The average molecular weight is 311 g/mol. The van der Waals surface area contributed by atoms with E-state index in [2.05, 4.69) is 20.4 Å². The van der Waals surface area contributed by atoms with Gasteiger partial charge in [0, 0.05) is 6.54 Å². The molecule has 1 saturated heterocycles. The lowest BCUT2D eigenvalue weighted by molar-refractivity contribution is -0.128. The smallest absolute Gasteiger partial charge is 0.168 e. The third-order valence-corrected chi connectivity index (χ3v) is 4.15. The van der Waals surface area contributed by atoms with E-state index in [1.165, 1.54) is 6.33 Å². The summed E-state index contributed by atoms with van der Waals surface area (Å²) < 4.78 is 7.01. The van der Waals surface area contributed by atoms with E-state index in [0.717, 1.165) is 22.5 Å². The molecule has 0 radical (unpaired) electrons. The molecule has 1 aliphatic rings. The number of hydrogen-bond acceptors (Lipinski definition) is 6. The van der Waals surface area contributed by atoms with E-state index in [9.17, 15) is 5.11 Å². The van der Waals surface area contributed by atoms with Gasteiger partial charge in [0.1, 0.15) is 12.1 Å². The predicted molar refractivity (Wildman–Crippen MR) is 85.5 cm³/mol. The van der Waals surface area contributed by atoms with Crippen molar-refractivity contribution in [3.05, 3.63) is 42.9 Å². The van der Waals surface area contributed by atoms with Gasteiger partial charge in [-0.25, -0.2) is 14.6 Å². The summed E-state index contributed by atoms with van der Waals surface area (Å²) in [4.78, 5) is 8.66. The summed E-state index contributed by atoms with van der Waals surface area (Å²) in [5.74, 6) is 0.719. The van der Waals surface area contributed by atoms with Gasteiger partial charge in [0.2, 0.25) is 0 Å². The molecule has 7 heteroatoms. The molecular weight excluding hydrogens is 294 g/mol. The Morgan fingerprint density at radius 2 is 2.04 bits per heavy atom. The number of nitrogens with one attached hydrogen (secondary N) is 1. The topological polar surface area (TPSA) is 85.1 Å². The second-order valence-electron chi connectivity index (χ2n) is 5.86. The number of ether oxygens (including phenoxy) is 1. The maximum atomic E-state index is 9.51. The summed E-state index contributed by atoms with van der Waals surface area (Å²) >= 11 is 0. The van der Waals surface area contributed by atoms with Gasteiger partial charge in [-0.3, -0.25) is 0 Å². The Hall–Kier alpha value is -2.51. The summed E-state index contributed by atoms with van der Waals surface area (Å²) in [6.07, 6.45) is 3.28. The van der Waals surface area contributed by atoms with Crippen molar-refractivity contribution in [3.63, 3.8) is 0 Å². The summed E-state index contributed by atoms with van der Waals surface area (Å²) in [5, 5.41) is 18.1. The van der Waals surface area contributed by atoms with Crippen LogP contribution in [0.4, 0.5) is 5.82 Å². The third-order valence-electron chi connectivity index (χ3n) is 4.15. The van der Waals surface area contributed by atoms with E-state index in [1.54, 1.807) is 10.9 Å². The lowest BCUT2D eigenvalue weighted by Gasteiger charge is -2.39. The van der Waals surface area contributed by atoms with Gasteiger partial charge in [-0.05, 0) is 12.1 Å². The fraction of sp³-hybridized carbons (Fsp3) is 0.312. The van der Waals surface area contributed by atoms with Crippen molar-refractivity contribution >= 4 is 16.9 Å². The molecule has 2 N–H and O–H groups in total. The molecule has 4 rings (SSSR count). The molecule has 118 valence electrons. The van der Waals surface area contributed by atoms with E-state index in [4.69, 9.17) is 4.74 Å². The van der Waals surface area contributed by atoms with Crippen molar-refractivity contribution in [1.82, 2.24) is 19.7 Å². The molecule has 3 aromatic rings. The number of aromatic nitrogens is 4. The number of aliphatic hydroxyl groups is 1. The highest BCUT2D eigenvalue weighted by Gasteiger charge is 2.38. The molecular formula is C16H17N5O2. The van der Waals surface area contributed by atoms with Crippen LogP contribution in [-0.4, -0.2) is 51.2 Å². The van der Waals surface area contributed by atoms with Gasteiger partial charge in [-0.1, -0.05) is 18.2 Å². The van der Waals surface area contributed by atoms with Crippen molar-refractivity contribution < 1.29 is 9.84 Å². The van der Waals surface area contributed by atoms with Gasteiger partial charge in [0.05, 0.1) is 42.5 Å². The summed E-state index contributed by atoms with van der Waals surface area (Å²) in [6.45, 7) is 1.83. The normalized spacial score (nSPS) is 16.2. The van der Waals surface area contributed by atoms with E-state index < -0.39 is 0 Å². The first-order chi connectivity index (χ1) is 11.3. The third kappa shape index (κ3) is 2.43. The molecule has 2 aromatic heterocycles. The molecule has 1 aliphatic heterocycles. The van der Waals surface area contributed by atoms with Crippen LogP contribution in [0.3, 0.4) is 0 Å². The number of benzene rings is 1. The zero-order chi connectivity index (χ0) is 15.7. The van der Waals surface area contributed by atoms with Crippen molar-refractivity contribution in [2.45, 2.75) is 0 Å².